The third-order valence-corrected chi connectivity index (χ3v) is 3.30. The van der Waals surface area contributed by atoms with Crippen molar-refractivity contribution in [3.8, 4) is 0 Å². The fraction of sp³-hybridized carbons (Fsp3) is 0.250. The molecule has 0 aromatic carbocycles. The number of pyridine rings is 1. The van der Waals surface area contributed by atoms with E-state index in [2.05, 4.69) is 9.97 Å². The molecule has 2 heterocycles. The number of ether oxygens (including phenoxy) is 1. The van der Waals surface area contributed by atoms with Crippen molar-refractivity contribution in [3.63, 3.8) is 0 Å². The predicted octanol–water partition coefficient (Wildman–Crippen LogP) is 3.09. The second-order valence-electron chi connectivity index (χ2n) is 3.49. The van der Waals surface area contributed by atoms with Crippen molar-refractivity contribution in [1.29, 1.82) is 0 Å². The van der Waals surface area contributed by atoms with Crippen molar-refractivity contribution in [1.82, 2.24) is 9.97 Å². The number of aromatic nitrogens is 2. The third kappa shape index (κ3) is 5.14. The second-order valence-corrected chi connectivity index (χ2v) is 4.43. The Morgan fingerprint density at radius 2 is 2.21 bits per heavy atom. The molecular formula is C12H14Cl2N2O2S. The van der Waals surface area contributed by atoms with Gasteiger partial charge in [0, 0.05) is 23.7 Å². The van der Waals surface area contributed by atoms with Crippen molar-refractivity contribution >= 4 is 42.1 Å². The van der Waals surface area contributed by atoms with Crippen LogP contribution in [-0.2, 0) is 11.2 Å². The molecule has 0 atom stereocenters. The Balaban J connectivity index is 0.00000162. The molecule has 0 aliphatic heterocycles. The fourth-order valence-electron chi connectivity index (χ4n) is 1.37. The molecule has 0 aliphatic carbocycles. The minimum absolute atomic E-state index is 0. The average molecular weight is 321 g/mol. The topological polar surface area (TPSA) is 52.1 Å². The van der Waals surface area contributed by atoms with E-state index in [1.54, 1.807) is 35.2 Å². The number of halogens is 2. The highest BCUT2D eigenvalue weighted by molar-refractivity contribution is 7.09. The first-order valence-electron chi connectivity index (χ1n) is 5.23. The number of aryl methyl sites for hydroxylation is 1. The molecule has 0 saturated carbocycles. The smallest absolute Gasteiger partial charge is 0.339 e. The summed E-state index contributed by atoms with van der Waals surface area (Å²) in [5.74, 6) is -0.333. The standard InChI is InChI=1S/C12H12N2O2S.2ClH/c1-9-11(17-8-14-9)4-6-16-12(15)10-3-2-5-13-7-10;;/h2-3,5,7-8H,4,6H2,1H3;2*1H. The Hall–Kier alpha value is -1.17. The summed E-state index contributed by atoms with van der Waals surface area (Å²) in [6, 6.07) is 3.40. The van der Waals surface area contributed by atoms with Crippen molar-refractivity contribution < 1.29 is 9.53 Å². The molecule has 0 aliphatic rings. The second kappa shape index (κ2) is 8.85. The molecule has 2 rings (SSSR count). The first kappa shape index (κ1) is 17.8. The van der Waals surface area contributed by atoms with Gasteiger partial charge in [-0.1, -0.05) is 0 Å². The van der Waals surface area contributed by atoms with Crippen LogP contribution in [0.4, 0.5) is 0 Å². The Kier molecular flexibility index (Phi) is 8.30. The summed E-state index contributed by atoms with van der Waals surface area (Å²) in [6.45, 7) is 2.32. The van der Waals surface area contributed by atoms with Crippen molar-refractivity contribution in [2.24, 2.45) is 0 Å². The lowest BCUT2D eigenvalue weighted by molar-refractivity contribution is 0.0509. The van der Waals surface area contributed by atoms with E-state index < -0.39 is 0 Å². The largest absolute Gasteiger partial charge is 0.462 e. The van der Waals surface area contributed by atoms with Crippen LogP contribution < -0.4 is 0 Å². The Morgan fingerprint density at radius 1 is 1.42 bits per heavy atom. The van der Waals surface area contributed by atoms with Gasteiger partial charge in [0.2, 0.25) is 0 Å². The number of rotatable bonds is 4. The summed E-state index contributed by atoms with van der Waals surface area (Å²) < 4.78 is 5.16. The van der Waals surface area contributed by atoms with E-state index in [1.807, 2.05) is 6.92 Å². The molecule has 19 heavy (non-hydrogen) atoms. The van der Waals surface area contributed by atoms with Crippen molar-refractivity contribution in [2.75, 3.05) is 6.61 Å². The van der Waals surface area contributed by atoms with Gasteiger partial charge in [-0.15, -0.1) is 36.2 Å². The first-order valence-corrected chi connectivity index (χ1v) is 6.11. The molecule has 2 aromatic rings. The number of thiazole rings is 1. The number of nitrogens with zero attached hydrogens (tertiary/aromatic N) is 2. The summed E-state index contributed by atoms with van der Waals surface area (Å²) in [4.78, 5) is 20.7. The molecule has 104 valence electrons. The SMILES string of the molecule is Cc1ncsc1CCOC(=O)c1cccnc1.Cl.Cl. The minimum atomic E-state index is -0.333. The zero-order valence-corrected chi connectivity index (χ0v) is 12.7. The van der Waals surface area contributed by atoms with Gasteiger partial charge in [0.05, 0.1) is 23.4 Å². The molecule has 0 amide bonds. The predicted molar refractivity (Wildman–Crippen MR) is 79.6 cm³/mol. The molecule has 0 saturated heterocycles. The number of hydrogen-bond donors (Lipinski definition) is 0. The van der Waals surface area contributed by atoms with Crippen LogP contribution in [-0.4, -0.2) is 22.5 Å². The highest BCUT2D eigenvalue weighted by atomic mass is 35.5. The van der Waals surface area contributed by atoms with Gasteiger partial charge >= 0.3 is 5.97 Å². The van der Waals surface area contributed by atoms with Crippen LogP contribution in [0.2, 0.25) is 0 Å². The summed E-state index contributed by atoms with van der Waals surface area (Å²) >= 11 is 1.58. The number of esters is 1. The lowest BCUT2D eigenvalue weighted by Gasteiger charge is -2.03. The molecule has 0 N–H and O–H groups in total. The van der Waals surface area contributed by atoms with Crippen LogP contribution in [0.3, 0.4) is 0 Å². The summed E-state index contributed by atoms with van der Waals surface area (Å²) in [5, 5.41) is 0. The molecule has 0 radical (unpaired) electrons. The lowest BCUT2D eigenvalue weighted by Crippen LogP contribution is -2.08. The zero-order valence-electron chi connectivity index (χ0n) is 10.2. The van der Waals surface area contributed by atoms with E-state index in [4.69, 9.17) is 4.74 Å². The third-order valence-electron chi connectivity index (χ3n) is 2.30. The number of hydrogen-bond acceptors (Lipinski definition) is 5. The van der Waals surface area contributed by atoms with Gasteiger partial charge in [-0.25, -0.2) is 9.78 Å². The quantitative estimate of drug-likeness (QED) is 0.812. The highest BCUT2D eigenvalue weighted by Gasteiger charge is 2.07. The number of carbonyl (C=O) groups is 1. The van der Waals surface area contributed by atoms with E-state index in [0.717, 1.165) is 10.6 Å². The number of carbonyl (C=O) groups excluding carboxylic acids is 1. The lowest BCUT2D eigenvalue weighted by atomic mass is 10.3. The van der Waals surface area contributed by atoms with Crippen LogP contribution in [0.15, 0.2) is 30.0 Å². The highest BCUT2D eigenvalue weighted by Crippen LogP contribution is 2.12. The summed E-state index contributed by atoms with van der Waals surface area (Å²) in [6.07, 6.45) is 3.83. The molecule has 7 heteroatoms. The van der Waals surface area contributed by atoms with Gasteiger partial charge in [-0.05, 0) is 19.1 Å². The summed E-state index contributed by atoms with van der Waals surface area (Å²) in [7, 11) is 0. The monoisotopic (exact) mass is 320 g/mol. The molecule has 0 unspecified atom stereocenters. The van der Waals surface area contributed by atoms with Gasteiger partial charge in [0.1, 0.15) is 0 Å². The Bertz CT molecular complexity index is 505. The zero-order chi connectivity index (χ0) is 12.1. The molecule has 0 fully saturated rings. The molecule has 2 aromatic heterocycles. The maximum atomic E-state index is 11.6. The molecular weight excluding hydrogens is 307 g/mol. The maximum absolute atomic E-state index is 11.6. The van der Waals surface area contributed by atoms with Gasteiger partial charge < -0.3 is 4.74 Å². The first-order chi connectivity index (χ1) is 8.27. The van der Waals surface area contributed by atoms with Crippen LogP contribution in [0.5, 0.6) is 0 Å². The minimum Gasteiger partial charge on any atom is -0.462 e. The molecule has 4 nitrogen and oxygen atoms in total. The van der Waals surface area contributed by atoms with E-state index in [0.29, 0.717) is 18.6 Å². The van der Waals surface area contributed by atoms with Gasteiger partial charge in [-0.2, -0.15) is 0 Å². The van der Waals surface area contributed by atoms with Gasteiger partial charge in [-0.3, -0.25) is 4.98 Å². The molecule has 0 spiro atoms. The van der Waals surface area contributed by atoms with Gasteiger partial charge in [0.25, 0.3) is 0 Å². The fourth-order valence-corrected chi connectivity index (χ4v) is 2.13. The van der Waals surface area contributed by atoms with Gasteiger partial charge in [0.15, 0.2) is 0 Å². The van der Waals surface area contributed by atoms with E-state index in [1.165, 1.54) is 6.20 Å². The summed E-state index contributed by atoms with van der Waals surface area (Å²) in [5.41, 5.74) is 3.29. The normalized spacial score (nSPS) is 9.11. The van der Waals surface area contributed by atoms with Crippen LogP contribution in [0.1, 0.15) is 20.9 Å². The van der Waals surface area contributed by atoms with E-state index >= 15 is 0 Å². The van der Waals surface area contributed by atoms with Crippen LogP contribution in [0.25, 0.3) is 0 Å². The Morgan fingerprint density at radius 3 is 2.79 bits per heavy atom. The van der Waals surface area contributed by atoms with Crippen molar-refractivity contribution in [2.45, 2.75) is 13.3 Å². The van der Waals surface area contributed by atoms with Crippen molar-refractivity contribution in [3.05, 3.63) is 46.2 Å². The van der Waals surface area contributed by atoms with Crippen LogP contribution in [0, 0.1) is 6.92 Å². The van der Waals surface area contributed by atoms with E-state index in [-0.39, 0.29) is 30.8 Å². The van der Waals surface area contributed by atoms with E-state index in [9.17, 15) is 4.79 Å². The maximum Gasteiger partial charge on any atom is 0.339 e. The molecule has 0 bridgehead atoms. The average Bonchev–Trinajstić information content (AvgIpc) is 2.76. The Labute approximate surface area is 128 Å². The van der Waals surface area contributed by atoms with Crippen LogP contribution >= 0.6 is 36.2 Å².